The van der Waals surface area contributed by atoms with Crippen molar-refractivity contribution in [1.29, 1.82) is 0 Å². The smallest absolute Gasteiger partial charge is 0.0102 e. The highest BCUT2D eigenvalue weighted by molar-refractivity contribution is 5.26. The molecular formula is C15H21N. The van der Waals surface area contributed by atoms with Gasteiger partial charge in [0, 0.05) is 12.1 Å². The fourth-order valence-electron chi connectivity index (χ4n) is 3.52. The first-order valence-corrected chi connectivity index (χ1v) is 6.52. The topological polar surface area (TPSA) is 3.24 Å². The van der Waals surface area contributed by atoms with Gasteiger partial charge in [-0.2, -0.15) is 0 Å². The Hall–Kier alpha value is -0.820. The van der Waals surface area contributed by atoms with Gasteiger partial charge in [0.15, 0.2) is 0 Å². The third-order valence-electron chi connectivity index (χ3n) is 4.65. The molecule has 3 atom stereocenters. The SMILES string of the molecule is Cc1ccc([C@@H]2C[C@H]3CC[C@@H](C2)N3C)cc1. The molecule has 1 aromatic carbocycles. The number of nitrogens with zero attached hydrogens (tertiary/aromatic N) is 1. The zero-order valence-corrected chi connectivity index (χ0v) is 10.3. The zero-order valence-electron chi connectivity index (χ0n) is 10.3. The molecule has 2 heterocycles. The van der Waals surface area contributed by atoms with Crippen LogP contribution in [0.25, 0.3) is 0 Å². The molecule has 1 nitrogen and oxygen atoms in total. The van der Waals surface area contributed by atoms with Gasteiger partial charge in [-0.3, -0.25) is 0 Å². The van der Waals surface area contributed by atoms with Gasteiger partial charge in [0.2, 0.25) is 0 Å². The Kier molecular flexibility index (Phi) is 2.51. The van der Waals surface area contributed by atoms with Gasteiger partial charge in [0.05, 0.1) is 0 Å². The number of fused-ring (bicyclic) bond motifs is 2. The van der Waals surface area contributed by atoms with E-state index < -0.39 is 0 Å². The van der Waals surface area contributed by atoms with Gasteiger partial charge in [-0.15, -0.1) is 0 Å². The van der Waals surface area contributed by atoms with Crippen molar-refractivity contribution in [2.45, 2.75) is 50.6 Å². The summed E-state index contributed by atoms with van der Waals surface area (Å²) < 4.78 is 0. The molecule has 0 aromatic heterocycles. The van der Waals surface area contributed by atoms with E-state index in [2.05, 4.69) is 43.1 Å². The highest BCUT2D eigenvalue weighted by Crippen LogP contribution is 2.41. The minimum absolute atomic E-state index is 0.814. The number of piperidine rings is 1. The number of hydrogen-bond donors (Lipinski definition) is 0. The van der Waals surface area contributed by atoms with E-state index in [1.807, 2.05) is 0 Å². The van der Waals surface area contributed by atoms with E-state index in [1.165, 1.54) is 31.2 Å². The maximum absolute atomic E-state index is 2.62. The van der Waals surface area contributed by atoms with Crippen LogP contribution in [-0.2, 0) is 0 Å². The normalized spacial score (nSPS) is 34.2. The second-order valence-electron chi connectivity index (χ2n) is 5.63. The van der Waals surface area contributed by atoms with Gasteiger partial charge in [-0.1, -0.05) is 29.8 Å². The summed E-state index contributed by atoms with van der Waals surface area (Å²) in [4.78, 5) is 2.62. The molecule has 0 aliphatic carbocycles. The molecule has 0 radical (unpaired) electrons. The quantitative estimate of drug-likeness (QED) is 0.694. The summed E-state index contributed by atoms with van der Waals surface area (Å²) in [6.45, 7) is 2.17. The Morgan fingerprint density at radius 3 is 2.12 bits per heavy atom. The standard InChI is InChI=1S/C15H21N/c1-11-3-5-12(6-4-11)13-9-14-7-8-15(10-13)16(14)2/h3-6,13-15H,7-10H2,1-2H3/t13-,14-,15+. The molecule has 0 N–H and O–H groups in total. The predicted molar refractivity (Wildman–Crippen MR) is 67.7 cm³/mol. The second-order valence-corrected chi connectivity index (χ2v) is 5.63. The summed E-state index contributed by atoms with van der Waals surface area (Å²) >= 11 is 0. The molecule has 0 saturated carbocycles. The van der Waals surface area contributed by atoms with E-state index in [-0.39, 0.29) is 0 Å². The third kappa shape index (κ3) is 1.67. The van der Waals surface area contributed by atoms with Crippen molar-refractivity contribution in [3.8, 4) is 0 Å². The summed E-state index contributed by atoms with van der Waals surface area (Å²) in [5.74, 6) is 0.814. The minimum atomic E-state index is 0.814. The summed E-state index contributed by atoms with van der Waals surface area (Å²) in [7, 11) is 2.31. The fourth-order valence-corrected chi connectivity index (χ4v) is 3.52. The largest absolute Gasteiger partial charge is 0.300 e. The monoisotopic (exact) mass is 215 g/mol. The van der Waals surface area contributed by atoms with E-state index in [1.54, 1.807) is 5.56 Å². The molecule has 3 rings (SSSR count). The number of hydrogen-bond acceptors (Lipinski definition) is 1. The van der Waals surface area contributed by atoms with Crippen molar-refractivity contribution < 1.29 is 0 Å². The lowest BCUT2D eigenvalue weighted by molar-refractivity contribution is 0.161. The second kappa shape index (κ2) is 3.89. The van der Waals surface area contributed by atoms with Crippen LogP contribution in [0.5, 0.6) is 0 Å². The Labute approximate surface area is 98.5 Å². The number of benzene rings is 1. The van der Waals surface area contributed by atoms with Gasteiger partial charge in [0.1, 0.15) is 0 Å². The molecule has 86 valence electrons. The third-order valence-corrected chi connectivity index (χ3v) is 4.65. The van der Waals surface area contributed by atoms with Crippen LogP contribution < -0.4 is 0 Å². The first kappa shape index (κ1) is 10.3. The average molecular weight is 215 g/mol. The van der Waals surface area contributed by atoms with Gasteiger partial charge in [-0.05, 0) is 51.1 Å². The van der Waals surface area contributed by atoms with Crippen molar-refractivity contribution in [2.75, 3.05) is 7.05 Å². The van der Waals surface area contributed by atoms with Crippen LogP contribution in [0.3, 0.4) is 0 Å². The molecule has 0 unspecified atom stereocenters. The van der Waals surface area contributed by atoms with E-state index in [0.717, 1.165) is 18.0 Å². The first-order chi connectivity index (χ1) is 7.74. The summed E-state index contributed by atoms with van der Waals surface area (Å²) in [5.41, 5.74) is 2.94. The average Bonchev–Trinajstić information content (AvgIpc) is 2.54. The van der Waals surface area contributed by atoms with Crippen LogP contribution >= 0.6 is 0 Å². The van der Waals surface area contributed by atoms with Crippen molar-refractivity contribution >= 4 is 0 Å². The van der Waals surface area contributed by atoms with E-state index in [9.17, 15) is 0 Å². The summed E-state index contributed by atoms with van der Waals surface area (Å²) in [6, 6.07) is 10.9. The van der Waals surface area contributed by atoms with Crippen LogP contribution in [0, 0.1) is 6.92 Å². The molecule has 2 fully saturated rings. The highest BCUT2D eigenvalue weighted by atomic mass is 15.2. The van der Waals surface area contributed by atoms with Gasteiger partial charge >= 0.3 is 0 Å². The molecule has 2 aliphatic heterocycles. The summed E-state index contributed by atoms with van der Waals surface area (Å²) in [5, 5.41) is 0. The van der Waals surface area contributed by atoms with Crippen LogP contribution in [0.1, 0.15) is 42.7 Å². The highest BCUT2D eigenvalue weighted by Gasteiger charge is 2.38. The van der Waals surface area contributed by atoms with Crippen molar-refractivity contribution in [3.05, 3.63) is 35.4 Å². The Balaban J connectivity index is 1.80. The summed E-state index contributed by atoms with van der Waals surface area (Å²) in [6.07, 6.45) is 5.58. The molecule has 0 spiro atoms. The predicted octanol–water partition coefficient (Wildman–Crippen LogP) is 3.34. The van der Waals surface area contributed by atoms with Crippen LogP contribution in [0.2, 0.25) is 0 Å². The van der Waals surface area contributed by atoms with Gasteiger partial charge in [-0.25, -0.2) is 0 Å². The maximum Gasteiger partial charge on any atom is 0.0102 e. The molecular weight excluding hydrogens is 194 g/mol. The molecule has 1 heteroatoms. The van der Waals surface area contributed by atoms with Crippen molar-refractivity contribution in [1.82, 2.24) is 4.90 Å². The first-order valence-electron chi connectivity index (χ1n) is 6.52. The minimum Gasteiger partial charge on any atom is -0.300 e. The lowest BCUT2D eigenvalue weighted by Gasteiger charge is -2.36. The van der Waals surface area contributed by atoms with E-state index >= 15 is 0 Å². The van der Waals surface area contributed by atoms with Crippen LogP contribution in [-0.4, -0.2) is 24.0 Å². The molecule has 2 bridgehead atoms. The van der Waals surface area contributed by atoms with E-state index in [4.69, 9.17) is 0 Å². The Bertz CT molecular complexity index is 354. The molecule has 1 aromatic rings. The zero-order chi connectivity index (χ0) is 11.1. The maximum atomic E-state index is 2.62. The lowest BCUT2D eigenvalue weighted by atomic mass is 9.85. The Morgan fingerprint density at radius 2 is 1.56 bits per heavy atom. The van der Waals surface area contributed by atoms with Crippen LogP contribution in [0.15, 0.2) is 24.3 Å². The van der Waals surface area contributed by atoms with E-state index in [0.29, 0.717) is 0 Å². The molecule has 2 saturated heterocycles. The van der Waals surface area contributed by atoms with Gasteiger partial charge in [0.25, 0.3) is 0 Å². The molecule has 0 amide bonds. The number of rotatable bonds is 1. The van der Waals surface area contributed by atoms with Gasteiger partial charge < -0.3 is 4.90 Å². The van der Waals surface area contributed by atoms with Crippen LogP contribution in [0.4, 0.5) is 0 Å². The molecule has 16 heavy (non-hydrogen) atoms. The Morgan fingerprint density at radius 1 is 1.00 bits per heavy atom. The number of aryl methyl sites for hydroxylation is 1. The lowest BCUT2D eigenvalue weighted by Crippen LogP contribution is -2.39. The van der Waals surface area contributed by atoms with Crippen molar-refractivity contribution in [3.63, 3.8) is 0 Å². The molecule has 2 aliphatic rings. The fraction of sp³-hybridized carbons (Fsp3) is 0.600. The van der Waals surface area contributed by atoms with Crippen molar-refractivity contribution in [2.24, 2.45) is 0 Å².